The summed E-state index contributed by atoms with van der Waals surface area (Å²) in [6, 6.07) is 1.14. The fourth-order valence-corrected chi connectivity index (χ4v) is 3.71. The predicted molar refractivity (Wildman–Crippen MR) is 74.4 cm³/mol. The van der Waals surface area contributed by atoms with Gasteiger partial charge in [-0.2, -0.15) is 0 Å². The van der Waals surface area contributed by atoms with Crippen molar-refractivity contribution in [2.24, 2.45) is 11.8 Å². The highest BCUT2D eigenvalue weighted by Gasteiger charge is 2.34. The summed E-state index contributed by atoms with van der Waals surface area (Å²) in [5.74, 6) is 1.30. The molecule has 3 nitrogen and oxygen atoms in total. The van der Waals surface area contributed by atoms with Crippen LogP contribution in [0.1, 0.15) is 51.9 Å². The lowest BCUT2D eigenvalue weighted by atomic mass is 9.89. The number of nitrogens with zero attached hydrogens (tertiary/aromatic N) is 1. The number of hydrogen-bond donors (Lipinski definition) is 1. The Balaban J connectivity index is 1.87. The molecule has 1 amide bonds. The molecule has 2 aliphatic carbocycles. The topological polar surface area (TPSA) is 32.3 Å². The number of rotatable bonds is 3. The Kier molecular flexibility index (Phi) is 4.66. The van der Waals surface area contributed by atoms with Crippen LogP contribution >= 0.6 is 0 Å². The monoisotopic (exact) mass is 252 g/mol. The zero-order valence-corrected chi connectivity index (χ0v) is 12.1. The highest BCUT2D eigenvalue weighted by atomic mass is 16.2. The first-order chi connectivity index (χ1) is 8.63. The van der Waals surface area contributed by atoms with Crippen LogP contribution in [0.5, 0.6) is 0 Å². The van der Waals surface area contributed by atoms with Gasteiger partial charge in [-0.05, 0) is 51.5 Å². The number of carbonyl (C=O) groups is 1. The van der Waals surface area contributed by atoms with Crippen LogP contribution < -0.4 is 5.32 Å². The van der Waals surface area contributed by atoms with Gasteiger partial charge in [-0.3, -0.25) is 4.79 Å². The van der Waals surface area contributed by atoms with E-state index in [1.54, 1.807) is 0 Å². The van der Waals surface area contributed by atoms with Crippen molar-refractivity contribution in [3.05, 3.63) is 0 Å². The first kappa shape index (κ1) is 13.9. The molecule has 2 saturated carbocycles. The largest absolute Gasteiger partial charge is 0.343 e. The smallest absolute Gasteiger partial charge is 0.225 e. The SMILES string of the molecule is CNC1CCC(N(C)C(=O)C2CCCC2C)CC1. The van der Waals surface area contributed by atoms with E-state index in [0.717, 1.165) is 19.3 Å². The minimum atomic E-state index is 0.303. The van der Waals surface area contributed by atoms with Crippen molar-refractivity contribution in [2.45, 2.75) is 64.0 Å². The quantitative estimate of drug-likeness (QED) is 0.836. The fourth-order valence-electron chi connectivity index (χ4n) is 3.71. The molecule has 0 radical (unpaired) electrons. The molecule has 0 heterocycles. The molecule has 0 aromatic heterocycles. The van der Waals surface area contributed by atoms with E-state index in [-0.39, 0.29) is 0 Å². The Morgan fingerprint density at radius 2 is 1.78 bits per heavy atom. The molecule has 2 atom stereocenters. The molecular weight excluding hydrogens is 224 g/mol. The molecule has 18 heavy (non-hydrogen) atoms. The number of carbonyl (C=O) groups excluding carboxylic acids is 1. The number of amides is 1. The van der Waals surface area contributed by atoms with Crippen molar-refractivity contribution in [3.63, 3.8) is 0 Å². The van der Waals surface area contributed by atoms with Gasteiger partial charge in [0.05, 0.1) is 0 Å². The van der Waals surface area contributed by atoms with Gasteiger partial charge < -0.3 is 10.2 Å². The second-order valence-corrected chi connectivity index (χ2v) is 6.26. The van der Waals surface area contributed by atoms with Gasteiger partial charge in [0.15, 0.2) is 0 Å². The van der Waals surface area contributed by atoms with Crippen LogP contribution in [0.2, 0.25) is 0 Å². The zero-order chi connectivity index (χ0) is 13.1. The number of hydrogen-bond acceptors (Lipinski definition) is 2. The summed E-state index contributed by atoms with van der Waals surface area (Å²) in [6.45, 7) is 2.24. The molecule has 2 rings (SSSR count). The summed E-state index contributed by atoms with van der Waals surface area (Å²) in [7, 11) is 4.07. The first-order valence-corrected chi connectivity index (χ1v) is 7.57. The van der Waals surface area contributed by atoms with Crippen LogP contribution in [0.25, 0.3) is 0 Å². The van der Waals surface area contributed by atoms with Crippen LogP contribution in [-0.4, -0.2) is 37.0 Å². The summed E-state index contributed by atoms with van der Waals surface area (Å²) in [5.41, 5.74) is 0. The van der Waals surface area contributed by atoms with E-state index in [1.165, 1.54) is 25.7 Å². The maximum atomic E-state index is 12.5. The highest BCUT2D eigenvalue weighted by molar-refractivity contribution is 5.79. The van der Waals surface area contributed by atoms with E-state index in [1.807, 2.05) is 14.1 Å². The normalized spacial score (nSPS) is 36.6. The first-order valence-electron chi connectivity index (χ1n) is 7.57. The van der Waals surface area contributed by atoms with E-state index in [0.29, 0.717) is 29.8 Å². The molecule has 0 bridgehead atoms. The molecule has 0 aromatic carbocycles. The van der Waals surface area contributed by atoms with Gasteiger partial charge in [0.2, 0.25) is 5.91 Å². The van der Waals surface area contributed by atoms with Crippen LogP contribution in [0.4, 0.5) is 0 Å². The van der Waals surface area contributed by atoms with Crippen molar-refractivity contribution in [1.82, 2.24) is 10.2 Å². The van der Waals surface area contributed by atoms with Gasteiger partial charge >= 0.3 is 0 Å². The maximum Gasteiger partial charge on any atom is 0.225 e. The van der Waals surface area contributed by atoms with E-state index in [4.69, 9.17) is 0 Å². The molecule has 0 spiro atoms. The van der Waals surface area contributed by atoms with Crippen LogP contribution in [0.3, 0.4) is 0 Å². The van der Waals surface area contributed by atoms with Gasteiger partial charge in [0.25, 0.3) is 0 Å². The molecule has 2 fully saturated rings. The Bertz CT molecular complexity index is 284. The molecule has 1 N–H and O–H groups in total. The predicted octanol–water partition coefficient (Wildman–Crippen LogP) is 2.41. The average Bonchev–Trinajstić information content (AvgIpc) is 2.83. The molecule has 0 aliphatic heterocycles. The minimum Gasteiger partial charge on any atom is -0.343 e. The van der Waals surface area contributed by atoms with E-state index in [9.17, 15) is 4.79 Å². The van der Waals surface area contributed by atoms with Crippen molar-refractivity contribution in [1.29, 1.82) is 0 Å². The lowest BCUT2D eigenvalue weighted by Crippen LogP contribution is -2.45. The lowest BCUT2D eigenvalue weighted by molar-refractivity contribution is -0.138. The summed E-state index contributed by atoms with van der Waals surface area (Å²) >= 11 is 0. The maximum absolute atomic E-state index is 12.5. The van der Waals surface area contributed by atoms with Crippen molar-refractivity contribution < 1.29 is 4.79 Å². The van der Waals surface area contributed by atoms with Crippen LogP contribution in [0, 0.1) is 11.8 Å². The summed E-state index contributed by atoms with van der Waals surface area (Å²) in [5, 5.41) is 3.35. The minimum absolute atomic E-state index is 0.303. The fraction of sp³-hybridized carbons (Fsp3) is 0.933. The van der Waals surface area contributed by atoms with Crippen molar-refractivity contribution in [2.75, 3.05) is 14.1 Å². The highest BCUT2D eigenvalue weighted by Crippen LogP contribution is 2.34. The van der Waals surface area contributed by atoms with E-state index >= 15 is 0 Å². The van der Waals surface area contributed by atoms with Crippen molar-refractivity contribution in [3.8, 4) is 0 Å². The second kappa shape index (κ2) is 6.05. The summed E-state index contributed by atoms with van der Waals surface area (Å²) in [4.78, 5) is 14.6. The van der Waals surface area contributed by atoms with E-state index in [2.05, 4.69) is 17.1 Å². The zero-order valence-electron chi connectivity index (χ0n) is 12.1. The Labute approximate surface area is 111 Å². The Morgan fingerprint density at radius 3 is 2.28 bits per heavy atom. The summed E-state index contributed by atoms with van der Waals surface area (Å²) < 4.78 is 0. The molecule has 2 unspecified atom stereocenters. The Morgan fingerprint density at radius 1 is 1.11 bits per heavy atom. The van der Waals surface area contributed by atoms with Crippen LogP contribution in [0.15, 0.2) is 0 Å². The second-order valence-electron chi connectivity index (χ2n) is 6.26. The van der Waals surface area contributed by atoms with Gasteiger partial charge in [-0.25, -0.2) is 0 Å². The third-order valence-corrected chi connectivity index (χ3v) is 5.18. The van der Waals surface area contributed by atoms with E-state index < -0.39 is 0 Å². The molecule has 2 aliphatic rings. The van der Waals surface area contributed by atoms with Gasteiger partial charge in [-0.1, -0.05) is 13.3 Å². The van der Waals surface area contributed by atoms with Gasteiger partial charge in [-0.15, -0.1) is 0 Å². The molecule has 3 heteroatoms. The third kappa shape index (κ3) is 2.87. The average molecular weight is 252 g/mol. The molecular formula is C15H28N2O. The summed E-state index contributed by atoms with van der Waals surface area (Å²) in [6.07, 6.45) is 8.31. The van der Waals surface area contributed by atoms with Gasteiger partial charge in [0.1, 0.15) is 0 Å². The van der Waals surface area contributed by atoms with Crippen LogP contribution in [-0.2, 0) is 4.79 Å². The van der Waals surface area contributed by atoms with Gasteiger partial charge in [0, 0.05) is 25.0 Å². The standard InChI is InChI=1S/C15H28N2O/c1-11-5-4-6-14(11)15(18)17(3)13-9-7-12(16-2)8-10-13/h11-14,16H,4-10H2,1-3H3. The molecule has 0 saturated heterocycles. The van der Waals surface area contributed by atoms with Crippen molar-refractivity contribution >= 4 is 5.91 Å². The third-order valence-electron chi connectivity index (χ3n) is 5.18. The molecule has 104 valence electrons. The lowest BCUT2D eigenvalue weighted by Gasteiger charge is -2.36. The Hall–Kier alpha value is -0.570. The molecule has 0 aromatic rings. The number of nitrogens with one attached hydrogen (secondary N) is 1.